The first-order chi connectivity index (χ1) is 6.76. The van der Waals surface area contributed by atoms with Gasteiger partial charge in [-0.15, -0.1) is 3.98 Å². The van der Waals surface area contributed by atoms with E-state index in [4.69, 9.17) is 0 Å². The van der Waals surface area contributed by atoms with E-state index in [9.17, 15) is 8.42 Å². The number of nitrogens with zero attached hydrogens (tertiary/aromatic N) is 1. The van der Waals surface area contributed by atoms with Gasteiger partial charge in [-0.2, -0.15) is 8.42 Å². The summed E-state index contributed by atoms with van der Waals surface area (Å²) in [6.07, 6.45) is 2.81. The zero-order valence-electron chi connectivity index (χ0n) is 9.74. The quantitative estimate of drug-likeness (QED) is 0.535. The highest BCUT2D eigenvalue weighted by Crippen LogP contribution is 2.31. The second-order valence-corrected chi connectivity index (χ2v) is 6.23. The van der Waals surface area contributed by atoms with Crippen LogP contribution in [0.5, 0.6) is 0 Å². The molecule has 84 valence electrons. The van der Waals surface area contributed by atoms with Crippen molar-refractivity contribution in [1.82, 2.24) is 0 Å². The molecule has 0 radical (unpaired) electrons. The first-order valence-corrected chi connectivity index (χ1v) is 6.38. The molecule has 1 atom stereocenters. The Hall–Kier alpha value is -0.900. The maximum absolute atomic E-state index is 12.0. The summed E-state index contributed by atoms with van der Waals surface area (Å²) in [6.45, 7) is 9.27. The van der Waals surface area contributed by atoms with Gasteiger partial charge >= 0.3 is 10.0 Å². The van der Waals surface area contributed by atoms with Gasteiger partial charge in [0.2, 0.25) is 0 Å². The van der Waals surface area contributed by atoms with Crippen LogP contribution in [0.1, 0.15) is 27.2 Å². The average molecular weight is 228 g/mol. The Morgan fingerprint density at radius 1 is 1.47 bits per heavy atom. The third-order valence-electron chi connectivity index (χ3n) is 2.58. The molecule has 0 fully saturated rings. The Morgan fingerprint density at radius 2 is 2.00 bits per heavy atom. The van der Waals surface area contributed by atoms with Crippen LogP contribution >= 0.6 is 0 Å². The van der Waals surface area contributed by atoms with Crippen molar-refractivity contribution in [3.05, 3.63) is 22.1 Å². The molecule has 0 spiro atoms. The van der Waals surface area contributed by atoms with E-state index in [0.717, 1.165) is 21.5 Å². The molecule has 0 aliphatic heterocycles. The van der Waals surface area contributed by atoms with Gasteiger partial charge in [-0.05, 0) is 37.3 Å². The molecule has 0 N–H and O–H groups in total. The molecule has 0 heterocycles. The van der Waals surface area contributed by atoms with Gasteiger partial charge in [0.15, 0.2) is 7.05 Å². The molecule has 1 aliphatic rings. The molecule has 3 nitrogen and oxygen atoms in total. The van der Waals surface area contributed by atoms with Crippen molar-refractivity contribution in [3.8, 4) is 0 Å². The monoisotopic (exact) mass is 228 g/mol. The molecule has 0 bridgehead atoms. The Bertz CT molecular complexity index is 455. The van der Waals surface area contributed by atoms with Gasteiger partial charge in [0.25, 0.3) is 0 Å². The number of sulfonamides is 1. The molecule has 0 aromatic carbocycles. The fourth-order valence-corrected chi connectivity index (χ4v) is 3.36. The summed E-state index contributed by atoms with van der Waals surface area (Å²) in [5, 5.41) is 0. The lowest BCUT2D eigenvalue weighted by Gasteiger charge is -2.19. The number of hydrogen-bond donors (Lipinski definition) is 0. The Balaban J connectivity index is 3.34. The minimum atomic E-state index is -3.39. The van der Waals surface area contributed by atoms with Crippen LogP contribution in [0.3, 0.4) is 0 Å². The lowest BCUT2D eigenvalue weighted by molar-refractivity contribution is -0.314. The first kappa shape index (κ1) is 12.2. The second-order valence-electron chi connectivity index (χ2n) is 4.24. The Morgan fingerprint density at radius 3 is 2.40 bits per heavy atom. The van der Waals surface area contributed by atoms with E-state index in [1.807, 2.05) is 19.9 Å². The molecule has 0 amide bonds. The minimum absolute atomic E-state index is 0.416. The summed E-state index contributed by atoms with van der Waals surface area (Å²) >= 11 is 0. The highest BCUT2D eigenvalue weighted by molar-refractivity contribution is 7.89. The molecular weight excluding hydrogens is 210 g/mol. The molecule has 15 heavy (non-hydrogen) atoms. The number of allylic oxidation sites excluding steroid dienone is 3. The molecule has 1 aliphatic carbocycles. The molecule has 0 saturated heterocycles. The second kappa shape index (κ2) is 3.93. The van der Waals surface area contributed by atoms with Crippen LogP contribution < -0.4 is 0 Å². The van der Waals surface area contributed by atoms with E-state index in [1.165, 1.54) is 7.05 Å². The summed E-state index contributed by atoms with van der Waals surface area (Å²) in [4.78, 5) is 0.443. The zero-order chi connectivity index (χ0) is 11.8. The van der Waals surface area contributed by atoms with Gasteiger partial charge in [-0.3, -0.25) is 0 Å². The fourth-order valence-electron chi connectivity index (χ4n) is 2.05. The SMILES string of the molecule is C=[N+](C)S(=O)(=O)C1=C(C)CC(C)C=C1C. The van der Waals surface area contributed by atoms with Crippen LogP contribution in [0.15, 0.2) is 22.1 Å². The van der Waals surface area contributed by atoms with Crippen molar-refractivity contribution in [2.75, 3.05) is 7.05 Å². The van der Waals surface area contributed by atoms with Gasteiger partial charge in [0.1, 0.15) is 11.6 Å². The van der Waals surface area contributed by atoms with Gasteiger partial charge in [-0.1, -0.05) is 13.0 Å². The van der Waals surface area contributed by atoms with Crippen LogP contribution in [-0.4, -0.2) is 26.2 Å². The van der Waals surface area contributed by atoms with Crippen LogP contribution in [0.25, 0.3) is 0 Å². The summed E-state index contributed by atoms with van der Waals surface area (Å²) in [7, 11) is -1.93. The molecule has 4 heteroatoms. The third kappa shape index (κ3) is 2.20. The Kier molecular flexibility index (Phi) is 3.19. The van der Waals surface area contributed by atoms with E-state index in [1.54, 1.807) is 0 Å². The highest BCUT2D eigenvalue weighted by Gasteiger charge is 2.31. The molecule has 0 aromatic rings. The van der Waals surface area contributed by atoms with Crippen molar-refractivity contribution >= 4 is 16.7 Å². The first-order valence-electron chi connectivity index (χ1n) is 4.94. The molecule has 0 saturated carbocycles. The third-order valence-corrected chi connectivity index (χ3v) is 4.58. The molecule has 1 unspecified atom stereocenters. The number of rotatable bonds is 2. The lowest BCUT2D eigenvalue weighted by atomic mass is 9.93. The molecule has 0 aromatic heterocycles. The van der Waals surface area contributed by atoms with Crippen molar-refractivity contribution in [1.29, 1.82) is 0 Å². The highest BCUT2D eigenvalue weighted by atomic mass is 32.2. The summed E-state index contributed by atoms with van der Waals surface area (Å²) in [5.74, 6) is 0.416. The molecule has 1 rings (SSSR count). The standard InChI is InChI=1S/C11H18NO2S/c1-8-6-9(2)11(10(3)7-8)15(13,14)12(4)5/h6,8H,4,7H2,1-3,5H3/q+1. The maximum atomic E-state index is 12.0. The van der Waals surface area contributed by atoms with Crippen molar-refractivity contribution in [2.45, 2.75) is 27.2 Å². The topological polar surface area (TPSA) is 37.1 Å². The predicted octanol–water partition coefficient (Wildman–Crippen LogP) is 1.92. The van der Waals surface area contributed by atoms with Gasteiger partial charge < -0.3 is 0 Å². The van der Waals surface area contributed by atoms with Gasteiger partial charge in [0.05, 0.1) is 0 Å². The van der Waals surface area contributed by atoms with E-state index in [-0.39, 0.29) is 0 Å². The lowest BCUT2D eigenvalue weighted by Crippen LogP contribution is -2.21. The summed E-state index contributed by atoms with van der Waals surface area (Å²) in [5.41, 5.74) is 1.76. The van der Waals surface area contributed by atoms with Crippen LogP contribution in [0.2, 0.25) is 0 Å². The van der Waals surface area contributed by atoms with E-state index < -0.39 is 10.0 Å². The van der Waals surface area contributed by atoms with Crippen molar-refractivity contribution < 1.29 is 12.4 Å². The van der Waals surface area contributed by atoms with Crippen molar-refractivity contribution in [2.24, 2.45) is 5.92 Å². The maximum Gasteiger partial charge on any atom is 0.394 e. The minimum Gasteiger partial charge on any atom is -0.159 e. The zero-order valence-corrected chi connectivity index (χ0v) is 10.6. The fraction of sp³-hybridized carbons (Fsp3) is 0.545. The Labute approximate surface area is 91.9 Å². The normalized spacial score (nSPS) is 22.7. The van der Waals surface area contributed by atoms with Crippen LogP contribution in [0, 0.1) is 5.92 Å². The van der Waals surface area contributed by atoms with E-state index in [0.29, 0.717) is 10.8 Å². The number of hydrogen-bond acceptors (Lipinski definition) is 2. The molecular formula is C11H18NO2S+. The van der Waals surface area contributed by atoms with E-state index >= 15 is 0 Å². The van der Waals surface area contributed by atoms with Crippen molar-refractivity contribution in [3.63, 3.8) is 0 Å². The van der Waals surface area contributed by atoms with Gasteiger partial charge in [0, 0.05) is 0 Å². The largest absolute Gasteiger partial charge is 0.394 e. The average Bonchev–Trinajstić information content (AvgIpc) is 2.00. The van der Waals surface area contributed by atoms with E-state index in [2.05, 4.69) is 13.6 Å². The van der Waals surface area contributed by atoms with Crippen LogP contribution in [-0.2, 0) is 10.0 Å². The summed E-state index contributed by atoms with van der Waals surface area (Å²) < 4.78 is 25.0. The summed E-state index contributed by atoms with van der Waals surface area (Å²) in [6, 6.07) is 0. The predicted molar refractivity (Wildman–Crippen MR) is 62.5 cm³/mol. The smallest absolute Gasteiger partial charge is 0.159 e. The van der Waals surface area contributed by atoms with Gasteiger partial charge in [-0.25, -0.2) is 0 Å². The van der Waals surface area contributed by atoms with Crippen LogP contribution in [0.4, 0.5) is 0 Å².